The Bertz CT molecular complexity index is 780. The molecule has 0 unspecified atom stereocenters. The van der Waals surface area contributed by atoms with E-state index >= 15 is 0 Å². The maximum Gasteiger partial charge on any atom is 0.230 e. The van der Waals surface area contributed by atoms with Crippen molar-refractivity contribution in [2.75, 3.05) is 6.54 Å². The van der Waals surface area contributed by atoms with E-state index in [1.807, 2.05) is 6.92 Å². The number of nitrogens with one attached hydrogen (secondary N) is 1. The fourth-order valence-electron chi connectivity index (χ4n) is 2.50. The minimum absolute atomic E-state index is 0.252. The Balaban J connectivity index is 1.74. The third-order valence-corrected chi connectivity index (χ3v) is 3.86. The van der Waals surface area contributed by atoms with Gasteiger partial charge in [0.05, 0.1) is 18.4 Å². The number of hydrogen-bond acceptors (Lipinski definition) is 5. The van der Waals surface area contributed by atoms with Crippen LogP contribution in [0.15, 0.2) is 34.9 Å². The van der Waals surface area contributed by atoms with Crippen LogP contribution in [-0.2, 0) is 19.5 Å². The minimum atomic E-state index is -0.252. The fraction of sp³-hybridized carbons (Fsp3) is 0.353. The van der Waals surface area contributed by atoms with E-state index in [9.17, 15) is 4.39 Å². The van der Waals surface area contributed by atoms with E-state index in [-0.39, 0.29) is 5.82 Å². The van der Waals surface area contributed by atoms with Crippen LogP contribution in [0, 0.1) is 5.82 Å². The molecule has 3 rings (SSSR count). The molecule has 0 amide bonds. The van der Waals surface area contributed by atoms with E-state index < -0.39 is 0 Å². The monoisotopic (exact) mass is 329 g/mol. The molecule has 0 aliphatic rings. The maximum absolute atomic E-state index is 13.1. The zero-order chi connectivity index (χ0) is 16.9. The highest BCUT2D eigenvalue weighted by Gasteiger charge is 2.14. The highest BCUT2D eigenvalue weighted by Crippen LogP contribution is 2.23. The number of aryl methyl sites for hydroxylation is 1. The number of hydrogen-bond donors (Lipinski definition) is 1. The van der Waals surface area contributed by atoms with Crippen LogP contribution in [0.5, 0.6) is 0 Å². The molecule has 0 aliphatic heterocycles. The summed E-state index contributed by atoms with van der Waals surface area (Å²) in [6.45, 7) is 6.16. The Labute approximate surface area is 139 Å². The summed E-state index contributed by atoms with van der Waals surface area (Å²) in [6, 6.07) is 6.38. The molecular formula is C17H20FN5O. The molecule has 0 spiro atoms. The lowest BCUT2D eigenvalue weighted by Crippen LogP contribution is -2.22. The number of aromatic nitrogens is 4. The van der Waals surface area contributed by atoms with Crippen molar-refractivity contribution in [1.29, 1.82) is 0 Å². The predicted octanol–water partition coefficient (Wildman–Crippen LogP) is 3.18. The summed E-state index contributed by atoms with van der Waals surface area (Å²) in [4.78, 5) is 2.19. The van der Waals surface area contributed by atoms with Gasteiger partial charge in [0.1, 0.15) is 5.82 Å². The summed E-state index contributed by atoms with van der Waals surface area (Å²) in [5.41, 5.74) is 2.85. The first-order valence-corrected chi connectivity index (χ1v) is 8.01. The van der Waals surface area contributed by atoms with Gasteiger partial charge >= 0.3 is 0 Å². The van der Waals surface area contributed by atoms with Crippen molar-refractivity contribution >= 4 is 0 Å². The molecule has 0 saturated carbocycles. The van der Waals surface area contributed by atoms with Crippen LogP contribution in [-0.4, -0.2) is 31.8 Å². The second-order valence-corrected chi connectivity index (χ2v) is 5.52. The predicted molar refractivity (Wildman–Crippen MR) is 87.4 cm³/mol. The van der Waals surface area contributed by atoms with Crippen molar-refractivity contribution in [1.82, 2.24) is 25.3 Å². The molecular weight excluding hydrogens is 309 g/mol. The van der Waals surface area contributed by atoms with Gasteiger partial charge in [0.2, 0.25) is 11.8 Å². The van der Waals surface area contributed by atoms with Crippen molar-refractivity contribution < 1.29 is 8.81 Å². The molecule has 1 aromatic carbocycles. The van der Waals surface area contributed by atoms with E-state index in [0.717, 1.165) is 29.8 Å². The summed E-state index contributed by atoms with van der Waals surface area (Å²) in [6.07, 6.45) is 2.53. The highest BCUT2D eigenvalue weighted by molar-refractivity contribution is 5.62. The van der Waals surface area contributed by atoms with Crippen molar-refractivity contribution in [2.45, 2.75) is 33.4 Å². The number of nitrogens with zero attached hydrogens (tertiary/aromatic N) is 4. The number of benzene rings is 1. The molecule has 0 saturated heterocycles. The molecule has 24 heavy (non-hydrogen) atoms. The molecule has 7 heteroatoms. The van der Waals surface area contributed by atoms with Gasteiger partial charge in [-0.05, 0) is 30.8 Å². The second kappa shape index (κ2) is 7.35. The highest BCUT2D eigenvalue weighted by atomic mass is 19.1. The molecule has 126 valence electrons. The zero-order valence-electron chi connectivity index (χ0n) is 13.8. The van der Waals surface area contributed by atoms with Crippen LogP contribution in [0.4, 0.5) is 4.39 Å². The standard InChI is InChI=1S/C17H20FN5O/c1-3-15-20-21-16(24-15)11-23(4-2)10-13-9-19-22-17(13)12-5-7-14(18)8-6-12/h5-9H,3-4,10-11H2,1-2H3,(H,19,22). The maximum atomic E-state index is 13.1. The van der Waals surface area contributed by atoms with Gasteiger partial charge in [-0.1, -0.05) is 13.8 Å². The van der Waals surface area contributed by atoms with Crippen LogP contribution in [0.3, 0.4) is 0 Å². The van der Waals surface area contributed by atoms with Crippen molar-refractivity contribution in [3.63, 3.8) is 0 Å². The lowest BCUT2D eigenvalue weighted by molar-refractivity contribution is 0.240. The topological polar surface area (TPSA) is 70.8 Å². The average molecular weight is 329 g/mol. The molecule has 1 N–H and O–H groups in total. The lowest BCUT2D eigenvalue weighted by Gasteiger charge is -2.18. The summed E-state index contributed by atoms with van der Waals surface area (Å²) < 4.78 is 18.7. The minimum Gasteiger partial charge on any atom is -0.424 e. The summed E-state index contributed by atoms with van der Waals surface area (Å²) in [7, 11) is 0. The molecule has 0 radical (unpaired) electrons. The Morgan fingerprint density at radius 3 is 2.50 bits per heavy atom. The van der Waals surface area contributed by atoms with Gasteiger partial charge in [-0.25, -0.2) is 4.39 Å². The number of halogens is 1. The van der Waals surface area contributed by atoms with E-state index in [4.69, 9.17) is 4.42 Å². The number of rotatable bonds is 7. The van der Waals surface area contributed by atoms with E-state index in [1.165, 1.54) is 12.1 Å². The van der Waals surface area contributed by atoms with Crippen LogP contribution in [0.2, 0.25) is 0 Å². The quantitative estimate of drug-likeness (QED) is 0.721. The molecule has 2 aromatic heterocycles. The third-order valence-electron chi connectivity index (χ3n) is 3.86. The molecule has 0 fully saturated rings. The van der Waals surface area contributed by atoms with Crippen LogP contribution in [0.1, 0.15) is 31.2 Å². The summed E-state index contributed by atoms with van der Waals surface area (Å²) in [5.74, 6) is 1.01. The second-order valence-electron chi connectivity index (χ2n) is 5.52. The lowest BCUT2D eigenvalue weighted by atomic mass is 10.1. The SMILES string of the molecule is CCc1nnc(CN(CC)Cc2cn[nH]c2-c2ccc(F)cc2)o1. The Kier molecular flexibility index (Phi) is 5.00. The summed E-state index contributed by atoms with van der Waals surface area (Å²) >= 11 is 0. The normalized spacial score (nSPS) is 11.3. The van der Waals surface area contributed by atoms with Crippen LogP contribution < -0.4 is 0 Å². The van der Waals surface area contributed by atoms with Crippen molar-refractivity contribution in [3.05, 3.63) is 53.6 Å². The first-order chi connectivity index (χ1) is 11.7. The molecule has 3 aromatic rings. The Morgan fingerprint density at radius 1 is 1.08 bits per heavy atom. The van der Waals surface area contributed by atoms with Crippen molar-refractivity contribution in [3.8, 4) is 11.3 Å². The third kappa shape index (κ3) is 3.68. The van der Waals surface area contributed by atoms with E-state index in [1.54, 1.807) is 18.3 Å². The number of aromatic amines is 1. The zero-order valence-corrected chi connectivity index (χ0v) is 13.8. The molecule has 0 atom stereocenters. The number of H-pyrrole nitrogens is 1. The van der Waals surface area contributed by atoms with Gasteiger partial charge in [0, 0.05) is 24.1 Å². The summed E-state index contributed by atoms with van der Waals surface area (Å²) in [5, 5.41) is 15.2. The van der Waals surface area contributed by atoms with E-state index in [2.05, 4.69) is 32.2 Å². The van der Waals surface area contributed by atoms with Gasteiger partial charge in [0.15, 0.2) is 0 Å². The molecule has 6 nitrogen and oxygen atoms in total. The van der Waals surface area contributed by atoms with Gasteiger partial charge < -0.3 is 4.42 Å². The average Bonchev–Trinajstić information content (AvgIpc) is 3.24. The van der Waals surface area contributed by atoms with Gasteiger partial charge in [-0.3, -0.25) is 10.00 Å². The molecule has 0 bridgehead atoms. The Morgan fingerprint density at radius 2 is 1.83 bits per heavy atom. The fourth-order valence-corrected chi connectivity index (χ4v) is 2.50. The molecule has 2 heterocycles. The van der Waals surface area contributed by atoms with Gasteiger partial charge in [-0.15, -0.1) is 10.2 Å². The Hall–Kier alpha value is -2.54. The van der Waals surface area contributed by atoms with Crippen molar-refractivity contribution in [2.24, 2.45) is 0 Å². The molecule has 0 aliphatic carbocycles. The first kappa shape index (κ1) is 16.3. The van der Waals surface area contributed by atoms with Crippen LogP contribution >= 0.6 is 0 Å². The van der Waals surface area contributed by atoms with E-state index in [0.29, 0.717) is 24.9 Å². The van der Waals surface area contributed by atoms with Gasteiger partial charge in [0.25, 0.3) is 0 Å². The van der Waals surface area contributed by atoms with Gasteiger partial charge in [-0.2, -0.15) is 5.10 Å². The first-order valence-electron chi connectivity index (χ1n) is 8.01. The van der Waals surface area contributed by atoms with Crippen LogP contribution in [0.25, 0.3) is 11.3 Å². The smallest absolute Gasteiger partial charge is 0.230 e. The largest absolute Gasteiger partial charge is 0.424 e.